The fourth-order valence-electron chi connectivity index (χ4n) is 3.21. The Labute approximate surface area is 168 Å². The van der Waals surface area contributed by atoms with Crippen molar-refractivity contribution < 1.29 is 9.21 Å². The first-order valence-corrected chi connectivity index (χ1v) is 9.32. The normalized spacial score (nSPS) is 10.9. The van der Waals surface area contributed by atoms with E-state index >= 15 is 0 Å². The van der Waals surface area contributed by atoms with Crippen molar-refractivity contribution in [1.82, 2.24) is 4.98 Å². The van der Waals surface area contributed by atoms with Crippen LogP contribution in [-0.4, -0.2) is 10.9 Å². The van der Waals surface area contributed by atoms with Gasteiger partial charge in [0.1, 0.15) is 0 Å². The highest BCUT2D eigenvalue weighted by atomic mass is 16.4. The fraction of sp³-hybridized carbons (Fsp3) is 0.125. The van der Waals surface area contributed by atoms with Crippen molar-refractivity contribution in [3.8, 4) is 11.5 Å². The number of aromatic nitrogens is 1. The first-order chi connectivity index (χ1) is 13.9. The lowest BCUT2D eigenvalue weighted by Gasteiger charge is -2.12. The van der Waals surface area contributed by atoms with Crippen LogP contribution in [0.2, 0.25) is 0 Å². The van der Waals surface area contributed by atoms with Crippen LogP contribution in [0.25, 0.3) is 22.4 Å². The third-order valence-electron chi connectivity index (χ3n) is 5.12. The molecule has 1 amide bonds. The van der Waals surface area contributed by atoms with Crippen LogP contribution in [0.4, 0.5) is 5.69 Å². The number of rotatable bonds is 3. The molecule has 5 heteroatoms. The van der Waals surface area contributed by atoms with E-state index in [0.717, 1.165) is 16.7 Å². The standard InChI is InChI=1S/C24H20N2O3/c1-14-11-12-17(13-15(14)2)22(27)25-20-10-6-8-18(16(20)3)23-26-21-9-5-4-7-19(21)24(28)29-23/h4-13H,1-3H3,(H,25,27). The summed E-state index contributed by atoms with van der Waals surface area (Å²) in [5, 5.41) is 3.39. The Bertz CT molecular complexity index is 1310. The molecular formula is C24H20N2O3. The van der Waals surface area contributed by atoms with Crippen molar-refractivity contribution in [3.63, 3.8) is 0 Å². The topological polar surface area (TPSA) is 72.2 Å². The summed E-state index contributed by atoms with van der Waals surface area (Å²) in [5.41, 5.74) is 5.00. The van der Waals surface area contributed by atoms with Crippen LogP contribution in [0, 0.1) is 20.8 Å². The number of aryl methyl sites for hydroxylation is 2. The van der Waals surface area contributed by atoms with E-state index in [0.29, 0.717) is 27.7 Å². The molecule has 4 rings (SSSR count). The molecule has 0 aliphatic rings. The highest BCUT2D eigenvalue weighted by Crippen LogP contribution is 2.28. The lowest BCUT2D eigenvalue weighted by molar-refractivity contribution is 0.102. The van der Waals surface area contributed by atoms with Gasteiger partial charge in [-0.2, -0.15) is 0 Å². The molecule has 0 unspecified atom stereocenters. The third kappa shape index (κ3) is 3.55. The van der Waals surface area contributed by atoms with Crippen molar-refractivity contribution in [2.75, 3.05) is 5.32 Å². The number of amides is 1. The Morgan fingerprint density at radius 1 is 0.931 bits per heavy atom. The quantitative estimate of drug-likeness (QED) is 0.537. The summed E-state index contributed by atoms with van der Waals surface area (Å²) in [6, 6.07) is 18.1. The second kappa shape index (κ2) is 7.36. The van der Waals surface area contributed by atoms with Gasteiger partial charge in [-0.1, -0.05) is 24.3 Å². The van der Waals surface area contributed by atoms with E-state index < -0.39 is 5.63 Å². The SMILES string of the molecule is Cc1ccc(C(=O)Nc2cccc(-c3nc4ccccc4c(=O)o3)c2C)cc1C. The van der Waals surface area contributed by atoms with Crippen molar-refractivity contribution in [1.29, 1.82) is 0 Å². The van der Waals surface area contributed by atoms with E-state index in [9.17, 15) is 9.59 Å². The second-order valence-corrected chi connectivity index (χ2v) is 7.05. The fourth-order valence-corrected chi connectivity index (χ4v) is 3.21. The minimum Gasteiger partial charge on any atom is -0.403 e. The van der Waals surface area contributed by atoms with Crippen molar-refractivity contribution in [2.24, 2.45) is 0 Å². The molecule has 1 aromatic heterocycles. The van der Waals surface area contributed by atoms with Crippen molar-refractivity contribution in [2.45, 2.75) is 20.8 Å². The van der Waals surface area contributed by atoms with Gasteiger partial charge in [0.05, 0.1) is 10.9 Å². The Balaban J connectivity index is 1.72. The summed E-state index contributed by atoms with van der Waals surface area (Å²) in [4.78, 5) is 29.5. The van der Waals surface area contributed by atoms with Crippen LogP contribution in [0.15, 0.2) is 69.9 Å². The van der Waals surface area contributed by atoms with Gasteiger partial charge >= 0.3 is 5.63 Å². The molecule has 29 heavy (non-hydrogen) atoms. The van der Waals surface area contributed by atoms with Crippen molar-refractivity contribution >= 4 is 22.5 Å². The van der Waals surface area contributed by atoms with Crippen LogP contribution in [0.3, 0.4) is 0 Å². The van der Waals surface area contributed by atoms with Crippen LogP contribution in [-0.2, 0) is 0 Å². The number of carbonyl (C=O) groups excluding carboxylic acids is 1. The average molecular weight is 384 g/mol. The molecule has 0 aliphatic heterocycles. The van der Waals surface area contributed by atoms with Gasteiger partial charge in [0.2, 0.25) is 5.89 Å². The minimum absolute atomic E-state index is 0.193. The lowest BCUT2D eigenvalue weighted by Crippen LogP contribution is -2.13. The van der Waals surface area contributed by atoms with E-state index in [4.69, 9.17) is 4.42 Å². The summed E-state index contributed by atoms with van der Waals surface area (Å²) in [5.74, 6) is 0.0368. The van der Waals surface area contributed by atoms with Gasteiger partial charge in [0.25, 0.3) is 5.91 Å². The highest BCUT2D eigenvalue weighted by Gasteiger charge is 2.15. The van der Waals surface area contributed by atoms with Crippen molar-refractivity contribution in [3.05, 3.63) is 93.3 Å². The smallest absolute Gasteiger partial charge is 0.347 e. The number of benzene rings is 3. The molecular weight excluding hydrogens is 364 g/mol. The largest absolute Gasteiger partial charge is 0.403 e. The molecule has 0 aliphatic carbocycles. The zero-order valence-electron chi connectivity index (χ0n) is 16.4. The number of hydrogen-bond acceptors (Lipinski definition) is 4. The van der Waals surface area contributed by atoms with E-state index in [1.54, 1.807) is 30.3 Å². The Kier molecular flexibility index (Phi) is 4.72. The first kappa shape index (κ1) is 18.6. The van der Waals surface area contributed by atoms with Gasteiger partial charge in [0.15, 0.2) is 0 Å². The van der Waals surface area contributed by atoms with Gasteiger partial charge < -0.3 is 9.73 Å². The molecule has 0 saturated carbocycles. The molecule has 0 fully saturated rings. The highest BCUT2D eigenvalue weighted by molar-refractivity contribution is 6.05. The molecule has 3 aromatic carbocycles. The molecule has 0 spiro atoms. The number of anilines is 1. The Morgan fingerprint density at radius 3 is 2.52 bits per heavy atom. The Morgan fingerprint density at radius 2 is 1.72 bits per heavy atom. The molecule has 0 saturated heterocycles. The van der Waals surface area contributed by atoms with Crippen LogP contribution in [0.1, 0.15) is 27.0 Å². The van der Waals surface area contributed by atoms with Gasteiger partial charge in [-0.15, -0.1) is 0 Å². The van der Waals surface area contributed by atoms with Crippen LogP contribution >= 0.6 is 0 Å². The number of nitrogens with one attached hydrogen (secondary N) is 1. The number of fused-ring (bicyclic) bond motifs is 1. The first-order valence-electron chi connectivity index (χ1n) is 9.32. The molecule has 0 radical (unpaired) electrons. The van der Waals surface area contributed by atoms with E-state index in [1.165, 1.54) is 0 Å². The number of para-hydroxylation sites is 1. The monoisotopic (exact) mass is 384 g/mol. The average Bonchev–Trinajstić information content (AvgIpc) is 2.71. The maximum Gasteiger partial charge on any atom is 0.347 e. The van der Waals surface area contributed by atoms with E-state index in [1.807, 2.05) is 51.1 Å². The minimum atomic E-state index is -0.436. The summed E-state index contributed by atoms with van der Waals surface area (Å²) < 4.78 is 5.45. The molecule has 0 atom stereocenters. The van der Waals surface area contributed by atoms with Crippen LogP contribution in [0.5, 0.6) is 0 Å². The number of hydrogen-bond donors (Lipinski definition) is 1. The third-order valence-corrected chi connectivity index (χ3v) is 5.12. The Hall–Kier alpha value is -3.73. The molecule has 0 bridgehead atoms. The van der Waals surface area contributed by atoms with E-state index in [-0.39, 0.29) is 11.8 Å². The molecule has 1 N–H and O–H groups in total. The van der Waals surface area contributed by atoms with Gasteiger partial charge in [0, 0.05) is 16.8 Å². The summed E-state index contributed by atoms with van der Waals surface area (Å²) in [6.07, 6.45) is 0. The maximum absolute atomic E-state index is 12.7. The lowest BCUT2D eigenvalue weighted by atomic mass is 10.0. The summed E-state index contributed by atoms with van der Waals surface area (Å²) in [6.45, 7) is 5.85. The molecule has 1 heterocycles. The second-order valence-electron chi connectivity index (χ2n) is 7.05. The van der Waals surface area contributed by atoms with Gasteiger partial charge in [-0.25, -0.2) is 9.78 Å². The number of carbonyl (C=O) groups is 1. The summed E-state index contributed by atoms with van der Waals surface area (Å²) >= 11 is 0. The molecule has 144 valence electrons. The zero-order valence-corrected chi connectivity index (χ0v) is 16.4. The predicted octanol–water partition coefficient (Wildman–Crippen LogP) is 5.03. The molecule has 5 nitrogen and oxygen atoms in total. The van der Waals surface area contributed by atoms with E-state index in [2.05, 4.69) is 10.3 Å². The van der Waals surface area contributed by atoms with Gasteiger partial charge in [-0.05, 0) is 73.9 Å². The van der Waals surface area contributed by atoms with Gasteiger partial charge in [-0.3, -0.25) is 4.79 Å². The van der Waals surface area contributed by atoms with Crippen LogP contribution < -0.4 is 10.9 Å². The number of nitrogens with zero attached hydrogens (tertiary/aromatic N) is 1. The predicted molar refractivity (Wildman–Crippen MR) is 114 cm³/mol. The maximum atomic E-state index is 12.7. The molecule has 4 aromatic rings. The summed E-state index contributed by atoms with van der Waals surface area (Å²) in [7, 11) is 0. The zero-order chi connectivity index (χ0) is 20.5.